The van der Waals surface area contributed by atoms with E-state index in [0.717, 1.165) is 17.3 Å². The van der Waals surface area contributed by atoms with Gasteiger partial charge in [0.15, 0.2) is 11.6 Å². The lowest BCUT2D eigenvalue weighted by molar-refractivity contribution is 0.178. The highest BCUT2D eigenvalue weighted by molar-refractivity contribution is 5.95. The van der Waals surface area contributed by atoms with E-state index < -0.39 is 17.7 Å². The van der Waals surface area contributed by atoms with E-state index in [1.165, 1.54) is 28.8 Å². The number of carbonyl (C=O) groups excluding carboxylic acids is 1. The Balaban J connectivity index is 0.00000189. The standard InChI is InChI=1S/C27H24F2N8O2.C2H6/c1-15-6-5-7-16(10-15)14-36(27(38)39-2)23-24(30)33-26(34-25(23)31)37-21-12-18(28)13-32-22(21)20(35-37)11-17-8-3-4-9-19(17)29;1-2/h3-10,12-13H,11,14H2,1-2H3,(H4,30,31,33,34);1-2H3. The summed E-state index contributed by atoms with van der Waals surface area (Å²) in [6.07, 6.45) is 0.421. The Morgan fingerprint density at radius 3 is 2.39 bits per heavy atom. The minimum Gasteiger partial charge on any atom is -0.452 e. The Labute approximate surface area is 235 Å². The molecule has 5 rings (SSSR count). The molecule has 12 heteroatoms. The first kappa shape index (κ1) is 28.9. The molecule has 41 heavy (non-hydrogen) atoms. The summed E-state index contributed by atoms with van der Waals surface area (Å²) in [5.74, 6) is -1.36. The van der Waals surface area contributed by atoms with Crippen LogP contribution in [0.25, 0.3) is 17.0 Å². The SMILES string of the molecule is CC.COC(=O)N(Cc1cccc(C)c1)c1c(N)nc(-n2nc(Cc3ccccc3F)c3ncc(F)cc32)nc1N. The summed E-state index contributed by atoms with van der Waals surface area (Å²) in [6, 6.07) is 15.0. The van der Waals surface area contributed by atoms with Crippen molar-refractivity contribution in [3.63, 3.8) is 0 Å². The zero-order valence-corrected chi connectivity index (χ0v) is 23.1. The molecule has 0 aliphatic heterocycles. The molecule has 2 aromatic carbocycles. The minimum absolute atomic E-state index is 0.0550. The second-order valence-electron chi connectivity index (χ2n) is 8.84. The topological polar surface area (TPSA) is 138 Å². The molecule has 0 saturated heterocycles. The molecule has 5 aromatic rings. The molecule has 3 aromatic heterocycles. The summed E-state index contributed by atoms with van der Waals surface area (Å²) < 4.78 is 34.8. The predicted molar refractivity (Wildman–Crippen MR) is 154 cm³/mol. The van der Waals surface area contributed by atoms with Crippen LogP contribution >= 0.6 is 0 Å². The maximum absolute atomic E-state index is 14.4. The summed E-state index contributed by atoms with van der Waals surface area (Å²) in [5.41, 5.74) is 15.8. The van der Waals surface area contributed by atoms with E-state index in [2.05, 4.69) is 20.1 Å². The predicted octanol–water partition coefficient (Wildman–Crippen LogP) is 5.35. The van der Waals surface area contributed by atoms with Crippen LogP contribution in [0.2, 0.25) is 0 Å². The first-order valence-corrected chi connectivity index (χ1v) is 12.9. The van der Waals surface area contributed by atoms with E-state index in [-0.39, 0.29) is 41.8 Å². The number of aromatic nitrogens is 5. The number of methoxy groups -OCH3 is 1. The van der Waals surface area contributed by atoms with Gasteiger partial charge in [0.25, 0.3) is 5.95 Å². The molecule has 0 fully saturated rings. The number of rotatable bonds is 6. The van der Waals surface area contributed by atoms with E-state index in [1.807, 2.05) is 45.0 Å². The third-order valence-corrected chi connectivity index (χ3v) is 6.08. The van der Waals surface area contributed by atoms with Crippen molar-refractivity contribution < 1.29 is 18.3 Å². The highest BCUT2D eigenvalue weighted by atomic mass is 19.1. The molecule has 0 aliphatic carbocycles. The Kier molecular flexibility index (Phi) is 8.71. The molecule has 10 nitrogen and oxygen atoms in total. The molecule has 4 N–H and O–H groups in total. The number of benzene rings is 2. The average Bonchev–Trinajstić information content (AvgIpc) is 3.31. The van der Waals surface area contributed by atoms with E-state index in [4.69, 9.17) is 16.2 Å². The van der Waals surface area contributed by atoms with Crippen molar-refractivity contribution in [2.24, 2.45) is 0 Å². The molecular formula is C29H30F2N8O2. The summed E-state index contributed by atoms with van der Waals surface area (Å²) in [4.78, 5) is 26.8. The van der Waals surface area contributed by atoms with Crippen LogP contribution < -0.4 is 16.4 Å². The van der Waals surface area contributed by atoms with E-state index in [9.17, 15) is 13.6 Å². The lowest BCUT2D eigenvalue weighted by Gasteiger charge is -2.23. The molecule has 1 amide bonds. The Morgan fingerprint density at radius 2 is 1.73 bits per heavy atom. The molecule has 0 bridgehead atoms. The largest absolute Gasteiger partial charge is 0.452 e. The van der Waals surface area contributed by atoms with Crippen LogP contribution in [0.1, 0.15) is 36.2 Å². The molecular weight excluding hydrogens is 530 g/mol. The molecule has 3 heterocycles. The van der Waals surface area contributed by atoms with Gasteiger partial charge >= 0.3 is 6.09 Å². The van der Waals surface area contributed by atoms with Crippen LogP contribution in [0.4, 0.5) is 30.9 Å². The minimum atomic E-state index is -0.714. The first-order valence-electron chi connectivity index (χ1n) is 12.9. The quantitative estimate of drug-likeness (QED) is 0.283. The third-order valence-electron chi connectivity index (χ3n) is 6.08. The zero-order chi connectivity index (χ0) is 29.7. The van der Waals surface area contributed by atoms with Crippen LogP contribution in [0.5, 0.6) is 0 Å². The van der Waals surface area contributed by atoms with Crippen LogP contribution in [-0.4, -0.2) is 37.9 Å². The van der Waals surface area contributed by atoms with E-state index in [0.29, 0.717) is 16.8 Å². The summed E-state index contributed by atoms with van der Waals surface area (Å²) >= 11 is 0. The fourth-order valence-electron chi connectivity index (χ4n) is 4.32. The number of ether oxygens (including phenoxy) is 1. The van der Waals surface area contributed by atoms with Crippen LogP contribution in [0.15, 0.2) is 60.8 Å². The normalized spacial score (nSPS) is 10.7. The number of anilines is 3. The molecule has 0 saturated carbocycles. The molecule has 0 unspecified atom stereocenters. The van der Waals surface area contributed by atoms with Crippen molar-refractivity contribution >= 4 is 34.4 Å². The number of aryl methyl sites for hydroxylation is 1. The van der Waals surface area contributed by atoms with Gasteiger partial charge in [-0.3, -0.25) is 4.90 Å². The van der Waals surface area contributed by atoms with Crippen molar-refractivity contribution in [1.29, 1.82) is 0 Å². The van der Waals surface area contributed by atoms with Crippen LogP contribution in [0.3, 0.4) is 0 Å². The van der Waals surface area contributed by atoms with E-state index >= 15 is 0 Å². The molecule has 0 aliphatic rings. The molecule has 0 spiro atoms. The van der Waals surface area contributed by atoms with Gasteiger partial charge in [0.05, 0.1) is 31.1 Å². The van der Waals surface area contributed by atoms with Gasteiger partial charge in [-0.25, -0.2) is 18.6 Å². The number of halogens is 2. The first-order chi connectivity index (χ1) is 19.7. The number of carbonyl (C=O) groups is 1. The number of fused-ring (bicyclic) bond motifs is 1. The van der Waals surface area contributed by atoms with Crippen LogP contribution in [-0.2, 0) is 17.7 Å². The van der Waals surface area contributed by atoms with Crippen molar-refractivity contribution in [2.75, 3.05) is 23.5 Å². The Bertz CT molecular complexity index is 1680. The van der Waals surface area contributed by atoms with Crippen molar-refractivity contribution in [3.05, 3.63) is 94.8 Å². The van der Waals surface area contributed by atoms with E-state index in [1.54, 1.807) is 18.2 Å². The average molecular weight is 561 g/mol. The van der Waals surface area contributed by atoms with Gasteiger partial charge in [-0.2, -0.15) is 19.7 Å². The van der Waals surface area contributed by atoms with Gasteiger partial charge in [-0.1, -0.05) is 61.9 Å². The molecule has 0 atom stereocenters. The smallest absolute Gasteiger partial charge is 0.414 e. The maximum Gasteiger partial charge on any atom is 0.414 e. The van der Waals surface area contributed by atoms with Crippen molar-refractivity contribution in [1.82, 2.24) is 24.7 Å². The van der Waals surface area contributed by atoms with Gasteiger partial charge in [0, 0.05) is 12.5 Å². The second kappa shape index (κ2) is 12.4. The lowest BCUT2D eigenvalue weighted by atomic mass is 10.1. The van der Waals surface area contributed by atoms with Gasteiger partial charge in [0.2, 0.25) is 0 Å². The fraction of sp³-hybridized carbons (Fsp3) is 0.207. The highest BCUT2D eigenvalue weighted by Gasteiger charge is 2.26. The summed E-state index contributed by atoms with van der Waals surface area (Å²) in [6.45, 7) is 6.03. The fourth-order valence-corrected chi connectivity index (χ4v) is 4.32. The van der Waals surface area contributed by atoms with Crippen LogP contribution in [0, 0.1) is 18.6 Å². The van der Waals surface area contributed by atoms with Gasteiger partial charge in [0.1, 0.15) is 22.8 Å². The van der Waals surface area contributed by atoms with Crippen molar-refractivity contribution in [2.45, 2.75) is 33.7 Å². The van der Waals surface area contributed by atoms with Gasteiger partial charge < -0.3 is 16.2 Å². The zero-order valence-electron chi connectivity index (χ0n) is 23.1. The number of hydrogen-bond donors (Lipinski definition) is 2. The highest BCUT2D eigenvalue weighted by Crippen LogP contribution is 2.32. The number of amides is 1. The number of nitrogens with zero attached hydrogens (tertiary/aromatic N) is 6. The number of nitrogen functional groups attached to an aromatic ring is 2. The number of nitrogens with two attached hydrogens (primary N) is 2. The maximum atomic E-state index is 14.4. The second-order valence-corrected chi connectivity index (χ2v) is 8.84. The Hall–Kier alpha value is -5.13. The number of hydrogen-bond acceptors (Lipinski definition) is 8. The Morgan fingerprint density at radius 1 is 1.02 bits per heavy atom. The van der Waals surface area contributed by atoms with Crippen molar-refractivity contribution in [3.8, 4) is 5.95 Å². The molecule has 0 radical (unpaired) electrons. The monoisotopic (exact) mass is 560 g/mol. The van der Waals surface area contributed by atoms with Gasteiger partial charge in [-0.15, -0.1) is 0 Å². The number of pyridine rings is 1. The third kappa shape index (κ3) is 6.06. The summed E-state index contributed by atoms with van der Waals surface area (Å²) in [7, 11) is 1.24. The summed E-state index contributed by atoms with van der Waals surface area (Å²) in [5, 5.41) is 4.50. The van der Waals surface area contributed by atoms with Gasteiger partial charge in [-0.05, 0) is 24.1 Å². The molecule has 212 valence electrons. The lowest BCUT2D eigenvalue weighted by Crippen LogP contribution is -2.32.